The molecule has 5 aromatic rings. The fraction of sp³-hybridized carbons (Fsp3) is 0.240. The number of hydrogen-bond acceptors (Lipinski definition) is 6. The molecule has 1 aliphatic rings. The van der Waals surface area contributed by atoms with Crippen LogP contribution in [0.4, 0.5) is 13.2 Å². The highest BCUT2D eigenvalue weighted by Crippen LogP contribution is 2.37. The molecule has 0 spiro atoms. The zero-order chi connectivity index (χ0) is 26.6. The Morgan fingerprint density at radius 1 is 1.16 bits per heavy atom. The minimum atomic E-state index is -2.86. The molecule has 194 valence electrons. The van der Waals surface area contributed by atoms with Gasteiger partial charge in [0, 0.05) is 24.7 Å². The first-order valence-corrected chi connectivity index (χ1v) is 12.0. The van der Waals surface area contributed by atoms with Crippen molar-refractivity contribution in [3.63, 3.8) is 0 Å². The number of carbonyl (C=O) groups is 1. The predicted molar refractivity (Wildman–Crippen MR) is 133 cm³/mol. The first kappa shape index (κ1) is 24.2. The fourth-order valence-corrected chi connectivity index (χ4v) is 4.60. The second-order valence-corrected chi connectivity index (χ2v) is 9.42. The number of aromatic amines is 1. The van der Waals surface area contributed by atoms with E-state index in [0.717, 1.165) is 4.90 Å². The molecule has 9 nitrogen and oxygen atoms in total. The Balaban J connectivity index is 1.25. The van der Waals surface area contributed by atoms with E-state index in [1.54, 1.807) is 31.3 Å². The standard InChI is InChI=1S/C25H19ClF3N7O2/c1-13-32-16-3-5-19(22(27)24(16)33-13)38-18-4-2-15-23(21(18)26)34-17(9-30-15)14-8-31-36(10-14)11-20(37)35-7-6-25(28,29)12-35/h2-5,8-10H,6-7,11-12H2,1H3,(H,32,33). The van der Waals surface area contributed by atoms with Crippen molar-refractivity contribution in [1.82, 2.24) is 34.6 Å². The maximum atomic E-state index is 15.0. The summed E-state index contributed by atoms with van der Waals surface area (Å²) in [5.74, 6) is -3.17. The van der Waals surface area contributed by atoms with Gasteiger partial charge in [-0.05, 0) is 31.2 Å². The first-order valence-electron chi connectivity index (χ1n) is 11.6. The van der Waals surface area contributed by atoms with Gasteiger partial charge in [0.25, 0.3) is 5.92 Å². The van der Waals surface area contributed by atoms with Crippen LogP contribution in [-0.2, 0) is 11.3 Å². The highest BCUT2D eigenvalue weighted by atomic mass is 35.5. The van der Waals surface area contributed by atoms with E-state index >= 15 is 0 Å². The molecule has 13 heteroatoms. The number of ether oxygens (including phenoxy) is 1. The van der Waals surface area contributed by atoms with Gasteiger partial charge in [0.05, 0.1) is 35.7 Å². The number of carbonyl (C=O) groups excluding carboxylic acids is 1. The van der Waals surface area contributed by atoms with Crippen LogP contribution in [0.1, 0.15) is 12.2 Å². The Labute approximate surface area is 218 Å². The van der Waals surface area contributed by atoms with E-state index in [-0.39, 0.29) is 41.5 Å². The average Bonchev–Trinajstić information content (AvgIpc) is 3.60. The number of nitrogens with zero attached hydrogens (tertiary/aromatic N) is 6. The number of imidazole rings is 1. The molecule has 1 fully saturated rings. The lowest BCUT2D eigenvalue weighted by atomic mass is 10.2. The smallest absolute Gasteiger partial charge is 0.267 e. The molecule has 3 aromatic heterocycles. The molecular weight excluding hydrogens is 523 g/mol. The highest BCUT2D eigenvalue weighted by molar-refractivity contribution is 6.36. The molecule has 0 aliphatic carbocycles. The Bertz CT molecular complexity index is 1720. The second-order valence-electron chi connectivity index (χ2n) is 9.04. The van der Waals surface area contributed by atoms with E-state index in [0.29, 0.717) is 33.6 Å². The van der Waals surface area contributed by atoms with Crippen LogP contribution < -0.4 is 4.74 Å². The van der Waals surface area contributed by atoms with Gasteiger partial charge in [-0.3, -0.25) is 14.5 Å². The largest absolute Gasteiger partial charge is 0.453 e. The van der Waals surface area contributed by atoms with E-state index in [1.807, 2.05) is 0 Å². The number of alkyl halides is 2. The number of rotatable bonds is 5. The minimum absolute atomic E-state index is 0.0122. The van der Waals surface area contributed by atoms with Crippen molar-refractivity contribution < 1.29 is 22.7 Å². The van der Waals surface area contributed by atoms with Crippen molar-refractivity contribution in [2.45, 2.75) is 25.8 Å². The van der Waals surface area contributed by atoms with Gasteiger partial charge in [-0.2, -0.15) is 5.10 Å². The van der Waals surface area contributed by atoms with E-state index < -0.39 is 24.2 Å². The third-order valence-electron chi connectivity index (χ3n) is 6.26. The normalized spacial score (nSPS) is 15.0. The molecule has 38 heavy (non-hydrogen) atoms. The van der Waals surface area contributed by atoms with E-state index in [2.05, 4.69) is 25.0 Å². The molecule has 0 unspecified atom stereocenters. The van der Waals surface area contributed by atoms with E-state index in [1.165, 1.54) is 23.1 Å². The number of benzene rings is 2. The highest BCUT2D eigenvalue weighted by Gasteiger charge is 2.40. The van der Waals surface area contributed by atoms with Gasteiger partial charge >= 0.3 is 0 Å². The molecule has 0 radical (unpaired) electrons. The molecular formula is C25H19ClF3N7O2. The van der Waals surface area contributed by atoms with E-state index in [9.17, 15) is 18.0 Å². The lowest BCUT2D eigenvalue weighted by molar-refractivity contribution is -0.132. The van der Waals surface area contributed by atoms with Gasteiger partial charge in [-0.1, -0.05) is 11.6 Å². The summed E-state index contributed by atoms with van der Waals surface area (Å²) >= 11 is 6.59. The minimum Gasteiger partial charge on any atom is -0.453 e. The molecule has 0 bridgehead atoms. The van der Waals surface area contributed by atoms with Crippen LogP contribution in [0.15, 0.2) is 42.9 Å². The van der Waals surface area contributed by atoms with Crippen molar-refractivity contribution >= 4 is 39.6 Å². The Hall–Kier alpha value is -4.19. The molecule has 1 N–H and O–H groups in total. The summed E-state index contributed by atoms with van der Waals surface area (Å²) in [6.45, 7) is 0.977. The molecule has 6 rings (SSSR count). The summed E-state index contributed by atoms with van der Waals surface area (Å²) in [5.41, 5.74) is 2.49. The molecule has 1 aliphatic heterocycles. The predicted octanol–water partition coefficient (Wildman–Crippen LogP) is 5.13. The summed E-state index contributed by atoms with van der Waals surface area (Å²) in [7, 11) is 0. The van der Waals surface area contributed by atoms with Crippen molar-refractivity contribution in [2.24, 2.45) is 0 Å². The van der Waals surface area contributed by atoms with Crippen LogP contribution in [0.25, 0.3) is 33.3 Å². The third-order valence-corrected chi connectivity index (χ3v) is 6.63. The van der Waals surface area contributed by atoms with Crippen LogP contribution in [0.3, 0.4) is 0 Å². The Morgan fingerprint density at radius 3 is 2.74 bits per heavy atom. The molecule has 1 saturated heterocycles. The van der Waals surface area contributed by atoms with E-state index in [4.69, 9.17) is 16.3 Å². The van der Waals surface area contributed by atoms with Gasteiger partial charge in [-0.25, -0.2) is 23.1 Å². The number of hydrogen-bond donors (Lipinski definition) is 1. The molecule has 2 aromatic carbocycles. The number of amides is 1. The number of aryl methyl sites for hydroxylation is 1. The number of aromatic nitrogens is 6. The SMILES string of the molecule is Cc1nc2ccc(Oc3ccc4ncc(-c5cnn(CC(=O)N6CCC(F)(F)C6)c5)nc4c3Cl)c(F)c2[nH]1. The van der Waals surface area contributed by atoms with Crippen LogP contribution in [0.2, 0.25) is 5.02 Å². The molecule has 0 saturated carbocycles. The maximum absolute atomic E-state index is 15.0. The summed E-state index contributed by atoms with van der Waals surface area (Å²) in [6.07, 6.45) is 4.25. The summed E-state index contributed by atoms with van der Waals surface area (Å²) in [5, 5.41) is 4.29. The van der Waals surface area contributed by atoms with Gasteiger partial charge in [-0.15, -0.1) is 0 Å². The molecule has 4 heterocycles. The number of likely N-dealkylation sites (tertiary alicyclic amines) is 1. The Morgan fingerprint density at radius 2 is 1.95 bits per heavy atom. The summed E-state index contributed by atoms with van der Waals surface area (Å²) in [4.78, 5) is 29.6. The second kappa shape index (κ2) is 8.98. The molecule has 1 amide bonds. The van der Waals surface area contributed by atoms with Gasteiger partial charge in [0.15, 0.2) is 11.6 Å². The average molecular weight is 542 g/mol. The van der Waals surface area contributed by atoms with Gasteiger partial charge < -0.3 is 14.6 Å². The van der Waals surface area contributed by atoms with Crippen molar-refractivity contribution in [1.29, 1.82) is 0 Å². The number of nitrogens with one attached hydrogen (secondary N) is 1. The lowest BCUT2D eigenvalue weighted by Crippen LogP contribution is -2.34. The van der Waals surface area contributed by atoms with Crippen LogP contribution >= 0.6 is 11.6 Å². The first-order chi connectivity index (χ1) is 18.2. The monoisotopic (exact) mass is 541 g/mol. The number of H-pyrrole nitrogens is 1. The van der Waals surface area contributed by atoms with Crippen LogP contribution in [0, 0.1) is 12.7 Å². The third kappa shape index (κ3) is 4.40. The van der Waals surface area contributed by atoms with Crippen LogP contribution in [-0.4, -0.2) is 59.5 Å². The van der Waals surface area contributed by atoms with Crippen LogP contribution in [0.5, 0.6) is 11.5 Å². The quantitative estimate of drug-likeness (QED) is 0.331. The number of fused-ring (bicyclic) bond motifs is 2. The van der Waals surface area contributed by atoms with Gasteiger partial charge in [0.2, 0.25) is 5.91 Å². The zero-order valence-corrected chi connectivity index (χ0v) is 20.6. The summed E-state index contributed by atoms with van der Waals surface area (Å²) in [6, 6.07) is 6.34. The Kier molecular flexibility index (Phi) is 5.71. The zero-order valence-electron chi connectivity index (χ0n) is 19.9. The fourth-order valence-electron chi connectivity index (χ4n) is 4.36. The number of halogens is 4. The topological polar surface area (TPSA) is 102 Å². The summed E-state index contributed by atoms with van der Waals surface area (Å²) < 4.78 is 49.0. The maximum Gasteiger partial charge on any atom is 0.267 e. The lowest BCUT2D eigenvalue weighted by Gasteiger charge is -2.15. The molecule has 0 atom stereocenters. The van der Waals surface area contributed by atoms with Crippen molar-refractivity contribution in [2.75, 3.05) is 13.1 Å². The van der Waals surface area contributed by atoms with Gasteiger partial charge in [0.1, 0.15) is 34.2 Å². The van der Waals surface area contributed by atoms with Crippen molar-refractivity contribution in [3.05, 3.63) is 59.5 Å². The van der Waals surface area contributed by atoms with Crippen molar-refractivity contribution in [3.8, 4) is 22.8 Å².